The minimum absolute atomic E-state index is 0.00535. The van der Waals surface area contributed by atoms with E-state index < -0.39 is 5.91 Å². The fourth-order valence-corrected chi connectivity index (χ4v) is 2.56. The summed E-state index contributed by atoms with van der Waals surface area (Å²) in [5.41, 5.74) is 0.586. The average Bonchev–Trinajstić information content (AvgIpc) is 3.20. The lowest BCUT2D eigenvalue weighted by atomic mass is 10.1. The van der Waals surface area contributed by atoms with Crippen LogP contribution in [0.1, 0.15) is 15.9 Å². The van der Waals surface area contributed by atoms with Crippen molar-refractivity contribution in [2.24, 2.45) is 0 Å². The summed E-state index contributed by atoms with van der Waals surface area (Å²) in [5, 5.41) is 31.8. The van der Waals surface area contributed by atoms with E-state index in [4.69, 9.17) is 4.74 Å². The number of carbonyl (C=O) groups excluding carboxylic acids is 1. The zero-order valence-electron chi connectivity index (χ0n) is 10.8. The van der Waals surface area contributed by atoms with Crippen LogP contribution in [0.4, 0.5) is 5.69 Å². The first-order chi connectivity index (χ1) is 9.88. The number of carbonyl (C=O) groups is 1. The molecule has 7 heteroatoms. The Bertz CT molecular complexity index is 788. The number of phenols is 3. The van der Waals surface area contributed by atoms with Crippen molar-refractivity contribution in [2.75, 3.05) is 5.32 Å². The van der Waals surface area contributed by atoms with Crippen molar-refractivity contribution < 1.29 is 24.9 Å². The molecule has 6 nitrogen and oxygen atoms in total. The predicted molar refractivity (Wildman–Crippen MR) is 78.3 cm³/mol. The lowest BCUT2D eigenvalue weighted by Gasteiger charge is -2.10. The van der Waals surface area contributed by atoms with Gasteiger partial charge < -0.3 is 25.4 Å². The summed E-state index contributed by atoms with van der Waals surface area (Å²) in [5.74, 6) is -0.865. The first-order valence-corrected chi connectivity index (χ1v) is 6.75. The van der Waals surface area contributed by atoms with Crippen LogP contribution in [-0.4, -0.2) is 21.2 Å². The number of hydrogen-bond acceptors (Lipinski definition) is 5. The molecule has 0 aromatic heterocycles. The number of phenolic OH excluding ortho intramolecular Hbond substituents is 3. The first-order valence-electron chi connectivity index (χ1n) is 5.95. The van der Waals surface area contributed by atoms with Gasteiger partial charge in [-0.1, -0.05) is 15.9 Å². The van der Waals surface area contributed by atoms with Gasteiger partial charge >= 0.3 is 0 Å². The third-order valence-electron chi connectivity index (χ3n) is 3.11. The van der Waals surface area contributed by atoms with E-state index in [1.54, 1.807) is 13.0 Å². The molecule has 1 heterocycles. The molecular formula is C14H10BrNO5. The summed E-state index contributed by atoms with van der Waals surface area (Å²) in [6.07, 6.45) is 0. The van der Waals surface area contributed by atoms with Crippen molar-refractivity contribution in [3.05, 3.63) is 33.8 Å². The number of nitrogens with one attached hydrogen (secondary N) is 1. The minimum atomic E-state index is -0.618. The molecule has 3 rings (SSSR count). The molecule has 2 aromatic carbocycles. The molecule has 0 aliphatic carbocycles. The SMILES string of the molecule is Cc1cc(Br)cc(C(=O)Nc2cc(O)c3c(c2O)O3)c1O. The van der Waals surface area contributed by atoms with Crippen molar-refractivity contribution >= 4 is 27.5 Å². The standard InChI is InChI=1S/C14H10BrNO5/c1-5-2-6(15)3-7(10(5)18)14(20)16-8-4-9(17)12-13(21-12)11(8)19/h2-4,17-19H,1H3,(H,16,20). The van der Waals surface area contributed by atoms with Crippen molar-refractivity contribution in [3.63, 3.8) is 0 Å². The normalized spacial score (nSPS) is 11.5. The van der Waals surface area contributed by atoms with Crippen LogP contribution in [-0.2, 0) is 0 Å². The van der Waals surface area contributed by atoms with Crippen LogP contribution < -0.4 is 10.1 Å². The second-order valence-corrected chi connectivity index (χ2v) is 5.54. The summed E-state index contributed by atoms with van der Waals surface area (Å²) in [4.78, 5) is 12.2. The maximum Gasteiger partial charge on any atom is 0.259 e. The fourth-order valence-electron chi connectivity index (χ4n) is 1.99. The van der Waals surface area contributed by atoms with E-state index in [2.05, 4.69) is 21.2 Å². The topological polar surface area (TPSA) is 102 Å². The number of fused-ring (bicyclic) bond motifs is 1. The molecule has 108 valence electrons. The highest BCUT2D eigenvalue weighted by molar-refractivity contribution is 9.10. The Morgan fingerprint density at radius 2 is 1.86 bits per heavy atom. The van der Waals surface area contributed by atoms with Crippen LogP contribution in [0.25, 0.3) is 0 Å². The van der Waals surface area contributed by atoms with Gasteiger partial charge in [-0.15, -0.1) is 0 Å². The molecule has 0 saturated heterocycles. The molecule has 0 atom stereocenters. The Hall–Kier alpha value is -2.41. The number of rotatable bonds is 2. The molecule has 1 aliphatic rings. The lowest BCUT2D eigenvalue weighted by Crippen LogP contribution is -2.12. The van der Waals surface area contributed by atoms with E-state index in [0.717, 1.165) is 0 Å². The van der Waals surface area contributed by atoms with E-state index in [0.29, 0.717) is 10.0 Å². The lowest BCUT2D eigenvalue weighted by molar-refractivity contribution is 0.102. The Balaban J connectivity index is 1.95. The van der Waals surface area contributed by atoms with Crippen LogP contribution in [0.15, 0.2) is 22.7 Å². The molecule has 4 N–H and O–H groups in total. The molecule has 0 fully saturated rings. The van der Waals surface area contributed by atoms with Crippen LogP contribution in [0.5, 0.6) is 28.7 Å². The molecule has 2 aromatic rings. The number of anilines is 1. The largest absolute Gasteiger partial charge is 0.507 e. The Labute approximate surface area is 127 Å². The highest BCUT2D eigenvalue weighted by atomic mass is 79.9. The molecule has 0 radical (unpaired) electrons. The Morgan fingerprint density at radius 3 is 2.57 bits per heavy atom. The molecular weight excluding hydrogens is 342 g/mol. The zero-order chi connectivity index (χ0) is 15.3. The third kappa shape index (κ3) is 2.25. The number of amides is 1. The van der Waals surface area contributed by atoms with Crippen LogP contribution in [0, 0.1) is 6.92 Å². The van der Waals surface area contributed by atoms with Gasteiger partial charge in [0.2, 0.25) is 11.5 Å². The minimum Gasteiger partial charge on any atom is -0.507 e. The van der Waals surface area contributed by atoms with E-state index in [1.807, 2.05) is 0 Å². The van der Waals surface area contributed by atoms with Crippen molar-refractivity contribution in [1.29, 1.82) is 0 Å². The van der Waals surface area contributed by atoms with E-state index >= 15 is 0 Å². The monoisotopic (exact) mass is 351 g/mol. The fraction of sp³-hybridized carbons (Fsp3) is 0.0714. The molecule has 1 amide bonds. The van der Waals surface area contributed by atoms with Gasteiger partial charge in [-0.2, -0.15) is 0 Å². The highest BCUT2D eigenvalue weighted by Gasteiger charge is 2.33. The van der Waals surface area contributed by atoms with Gasteiger partial charge in [0.05, 0.1) is 11.3 Å². The second kappa shape index (κ2) is 4.56. The first kappa shape index (κ1) is 13.6. The number of benzene rings is 2. The van der Waals surface area contributed by atoms with Gasteiger partial charge in [-0.25, -0.2) is 0 Å². The summed E-state index contributed by atoms with van der Waals surface area (Å²) in [7, 11) is 0. The number of aryl methyl sites for hydroxylation is 1. The van der Waals surface area contributed by atoms with Crippen LogP contribution >= 0.6 is 15.9 Å². The number of ether oxygens (including phenoxy) is 1. The quantitative estimate of drug-likeness (QED) is 0.322. The van der Waals surface area contributed by atoms with Crippen molar-refractivity contribution in [1.82, 2.24) is 0 Å². The average molecular weight is 352 g/mol. The molecule has 0 spiro atoms. The smallest absolute Gasteiger partial charge is 0.259 e. The summed E-state index contributed by atoms with van der Waals surface area (Å²) >= 11 is 3.25. The van der Waals surface area contributed by atoms with Crippen molar-refractivity contribution in [3.8, 4) is 28.7 Å². The Kier molecular flexibility index (Phi) is 2.94. The van der Waals surface area contributed by atoms with Crippen LogP contribution in [0.2, 0.25) is 0 Å². The van der Waals surface area contributed by atoms with Gasteiger partial charge in [0.15, 0.2) is 11.5 Å². The molecule has 0 saturated carbocycles. The second-order valence-electron chi connectivity index (χ2n) is 4.63. The van der Waals surface area contributed by atoms with Gasteiger partial charge in [0, 0.05) is 10.5 Å². The van der Waals surface area contributed by atoms with Gasteiger partial charge in [-0.3, -0.25) is 4.79 Å². The highest BCUT2D eigenvalue weighted by Crippen LogP contribution is 2.60. The summed E-state index contributed by atoms with van der Waals surface area (Å²) in [6.45, 7) is 1.66. The Morgan fingerprint density at radius 1 is 1.14 bits per heavy atom. The van der Waals surface area contributed by atoms with Gasteiger partial charge in [-0.05, 0) is 24.6 Å². The molecule has 0 unspecified atom stereocenters. The predicted octanol–water partition coefficient (Wildman–Crippen LogP) is 3.23. The van der Waals surface area contributed by atoms with E-state index in [-0.39, 0.29) is 40.0 Å². The zero-order valence-corrected chi connectivity index (χ0v) is 12.4. The van der Waals surface area contributed by atoms with Gasteiger partial charge in [0.1, 0.15) is 5.75 Å². The van der Waals surface area contributed by atoms with Crippen LogP contribution in [0.3, 0.4) is 0 Å². The number of hydrogen-bond donors (Lipinski definition) is 4. The number of halogens is 1. The third-order valence-corrected chi connectivity index (χ3v) is 3.57. The molecule has 0 bridgehead atoms. The van der Waals surface area contributed by atoms with Gasteiger partial charge in [0.25, 0.3) is 5.91 Å². The van der Waals surface area contributed by atoms with E-state index in [1.165, 1.54) is 12.1 Å². The summed E-state index contributed by atoms with van der Waals surface area (Å²) < 4.78 is 5.52. The summed E-state index contributed by atoms with van der Waals surface area (Å²) in [6, 6.07) is 4.31. The van der Waals surface area contributed by atoms with Crippen molar-refractivity contribution in [2.45, 2.75) is 6.92 Å². The van der Waals surface area contributed by atoms with E-state index in [9.17, 15) is 20.1 Å². The molecule has 1 aliphatic heterocycles. The maximum absolute atomic E-state index is 12.2. The molecule has 21 heavy (non-hydrogen) atoms. The number of aromatic hydroxyl groups is 3. The maximum atomic E-state index is 12.2.